The highest BCUT2D eigenvalue weighted by molar-refractivity contribution is 7.92. The maximum absolute atomic E-state index is 12.0. The van der Waals surface area contributed by atoms with Crippen molar-refractivity contribution in [1.82, 2.24) is 14.2 Å². The van der Waals surface area contributed by atoms with Crippen molar-refractivity contribution in [3.8, 4) is 0 Å². The number of piperazine rings is 1. The van der Waals surface area contributed by atoms with Gasteiger partial charge in [-0.05, 0) is 50.3 Å². The maximum Gasteiger partial charge on any atom is 0.410 e. The molecule has 0 unspecified atom stereocenters. The number of carbonyl (C=O) groups is 1. The molecule has 3 rings (SSSR count). The number of hydrogen-bond donors (Lipinski definition) is 0. The molecule has 8 nitrogen and oxygen atoms in total. The molecular weight excluding hydrogens is 404 g/mol. The first-order chi connectivity index (χ1) is 14.5. The lowest BCUT2D eigenvalue weighted by Crippen LogP contribution is -2.43. The summed E-state index contributed by atoms with van der Waals surface area (Å²) in [7, 11) is 1.51. The predicted molar refractivity (Wildman–Crippen MR) is 119 cm³/mol. The van der Waals surface area contributed by atoms with Crippen molar-refractivity contribution < 1.29 is 18.8 Å². The first-order valence-electron chi connectivity index (χ1n) is 10.5. The van der Waals surface area contributed by atoms with Crippen LogP contribution < -0.4 is 4.90 Å². The Labute approximate surface area is 183 Å². The molecule has 0 spiro atoms. The molecule has 0 atom stereocenters. The Kier molecular flexibility index (Phi) is 8.80. The van der Waals surface area contributed by atoms with E-state index in [1.807, 2.05) is 20.0 Å². The van der Waals surface area contributed by atoms with E-state index in [0.717, 1.165) is 63.5 Å². The minimum atomic E-state index is -0.196. The quantitative estimate of drug-likeness (QED) is 0.278. The third-order valence-corrected chi connectivity index (χ3v) is 6.01. The van der Waals surface area contributed by atoms with E-state index < -0.39 is 0 Å². The number of likely N-dealkylation sites (tertiary alicyclic amines) is 1. The second kappa shape index (κ2) is 11.5. The SMILES string of the molecule is COOSN1CCN(c2ccc(C=CC3CCN(C(=O)OC(C)C)CC3)cn2)CC1. The average Bonchev–Trinajstić information content (AvgIpc) is 2.77. The number of ether oxygens (including phenoxy) is 1. The summed E-state index contributed by atoms with van der Waals surface area (Å²) in [4.78, 5) is 25.3. The van der Waals surface area contributed by atoms with Crippen molar-refractivity contribution in [2.75, 3.05) is 51.3 Å². The van der Waals surface area contributed by atoms with Crippen molar-refractivity contribution in [2.45, 2.75) is 32.8 Å². The molecule has 1 aromatic rings. The number of piperidine rings is 1. The van der Waals surface area contributed by atoms with Crippen molar-refractivity contribution >= 4 is 30.2 Å². The molecule has 9 heteroatoms. The molecule has 2 fully saturated rings. The van der Waals surface area contributed by atoms with Crippen molar-refractivity contribution in [1.29, 1.82) is 0 Å². The fourth-order valence-electron chi connectivity index (χ4n) is 3.55. The van der Waals surface area contributed by atoms with Crippen LogP contribution in [-0.4, -0.2) is 72.8 Å². The number of amides is 1. The first-order valence-corrected chi connectivity index (χ1v) is 11.2. The largest absolute Gasteiger partial charge is 0.447 e. The van der Waals surface area contributed by atoms with Gasteiger partial charge in [-0.1, -0.05) is 12.2 Å². The zero-order valence-corrected chi connectivity index (χ0v) is 18.8. The lowest BCUT2D eigenvalue weighted by Gasteiger charge is -2.33. The number of aromatic nitrogens is 1. The van der Waals surface area contributed by atoms with Gasteiger partial charge in [-0.25, -0.2) is 19.0 Å². The highest BCUT2D eigenvalue weighted by atomic mass is 32.2. The van der Waals surface area contributed by atoms with Gasteiger partial charge in [0.05, 0.1) is 13.2 Å². The standard InChI is InChI=1S/C21H32N4O4S/c1-17(2)28-21(26)24-10-8-18(9-11-24)4-5-19-6-7-20(22-16-19)23-12-14-25(15-13-23)30-29-27-3/h4-7,16-18H,8-15H2,1-3H3. The summed E-state index contributed by atoms with van der Waals surface area (Å²) >= 11 is 1.25. The first kappa shape index (κ1) is 22.9. The van der Waals surface area contributed by atoms with Crippen molar-refractivity contribution in [2.24, 2.45) is 5.92 Å². The van der Waals surface area contributed by atoms with Gasteiger partial charge < -0.3 is 14.5 Å². The second-order valence-electron chi connectivity index (χ2n) is 7.79. The van der Waals surface area contributed by atoms with Gasteiger partial charge >= 0.3 is 6.09 Å². The number of rotatable bonds is 7. The molecule has 0 radical (unpaired) electrons. The van der Waals surface area contributed by atoms with Crippen LogP contribution in [0.1, 0.15) is 32.3 Å². The van der Waals surface area contributed by atoms with E-state index in [9.17, 15) is 4.79 Å². The maximum atomic E-state index is 12.0. The van der Waals surface area contributed by atoms with Gasteiger partial charge in [-0.2, -0.15) is 0 Å². The number of hydrogen-bond acceptors (Lipinski definition) is 8. The Hall–Kier alpha value is -1.81. The molecule has 0 bridgehead atoms. The number of anilines is 1. The Morgan fingerprint density at radius 3 is 2.50 bits per heavy atom. The van der Waals surface area contributed by atoms with Crippen LogP contribution in [0.2, 0.25) is 0 Å². The summed E-state index contributed by atoms with van der Waals surface area (Å²) in [5, 5.41) is 0. The highest BCUT2D eigenvalue weighted by Gasteiger charge is 2.23. The number of pyridine rings is 1. The van der Waals surface area contributed by atoms with E-state index in [-0.39, 0.29) is 12.2 Å². The van der Waals surface area contributed by atoms with Crippen molar-refractivity contribution in [3.05, 3.63) is 30.0 Å². The average molecular weight is 437 g/mol. The zero-order valence-electron chi connectivity index (χ0n) is 18.0. The lowest BCUT2D eigenvalue weighted by atomic mass is 9.96. The molecule has 1 amide bonds. The highest BCUT2D eigenvalue weighted by Crippen LogP contribution is 2.22. The lowest BCUT2D eigenvalue weighted by molar-refractivity contribution is -0.163. The van der Waals surface area contributed by atoms with Crippen LogP contribution in [0.25, 0.3) is 6.08 Å². The molecule has 2 aliphatic rings. The molecular formula is C21H32N4O4S. The van der Waals surface area contributed by atoms with Gasteiger partial charge in [-0.3, -0.25) is 0 Å². The van der Waals surface area contributed by atoms with E-state index >= 15 is 0 Å². The van der Waals surface area contributed by atoms with Crippen LogP contribution in [0.5, 0.6) is 0 Å². The fourth-order valence-corrected chi connectivity index (χ4v) is 4.01. The molecule has 166 valence electrons. The normalized spacial score (nSPS) is 19.1. The third kappa shape index (κ3) is 6.87. The molecule has 2 aliphatic heterocycles. The molecule has 30 heavy (non-hydrogen) atoms. The number of carbonyl (C=O) groups excluding carboxylic acids is 1. The van der Waals surface area contributed by atoms with E-state index in [1.54, 1.807) is 4.90 Å². The molecule has 3 heterocycles. The van der Waals surface area contributed by atoms with Gasteiger partial charge in [0.2, 0.25) is 0 Å². The number of nitrogens with zero attached hydrogens (tertiary/aromatic N) is 4. The van der Waals surface area contributed by atoms with Crippen LogP contribution in [0.3, 0.4) is 0 Å². The van der Waals surface area contributed by atoms with Crippen molar-refractivity contribution in [3.63, 3.8) is 0 Å². The Balaban J connectivity index is 1.43. The summed E-state index contributed by atoms with van der Waals surface area (Å²) in [5.74, 6) is 1.48. The van der Waals surface area contributed by atoms with E-state index in [1.165, 1.54) is 19.3 Å². The summed E-state index contributed by atoms with van der Waals surface area (Å²) in [5.41, 5.74) is 1.10. The van der Waals surface area contributed by atoms with E-state index in [4.69, 9.17) is 9.07 Å². The van der Waals surface area contributed by atoms with Crippen LogP contribution in [-0.2, 0) is 14.0 Å². The topological polar surface area (TPSA) is 67.4 Å². The molecule has 0 saturated carbocycles. The molecule has 0 aliphatic carbocycles. The van der Waals surface area contributed by atoms with Gasteiger partial charge in [0.15, 0.2) is 0 Å². The van der Waals surface area contributed by atoms with Gasteiger partial charge in [0, 0.05) is 45.5 Å². The summed E-state index contributed by atoms with van der Waals surface area (Å²) in [6.07, 6.45) is 7.97. The second-order valence-corrected chi connectivity index (χ2v) is 8.59. The Bertz CT molecular complexity index is 685. The Morgan fingerprint density at radius 2 is 1.90 bits per heavy atom. The van der Waals surface area contributed by atoms with E-state index in [2.05, 4.69) is 43.4 Å². The van der Waals surface area contributed by atoms with E-state index in [0.29, 0.717) is 5.92 Å². The third-order valence-electron chi connectivity index (χ3n) is 5.23. The van der Waals surface area contributed by atoms with Crippen LogP contribution in [0.4, 0.5) is 10.6 Å². The molecule has 0 aromatic carbocycles. The number of allylic oxidation sites excluding steroid dienone is 1. The molecule has 0 N–H and O–H groups in total. The Morgan fingerprint density at radius 1 is 1.17 bits per heavy atom. The summed E-state index contributed by atoms with van der Waals surface area (Å²) in [6, 6.07) is 4.20. The monoisotopic (exact) mass is 436 g/mol. The van der Waals surface area contributed by atoms with Gasteiger partial charge in [-0.15, -0.1) is 4.33 Å². The molecule has 1 aromatic heterocycles. The van der Waals surface area contributed by atoms with Crippen LogP contribution >= 0.6 is 12.2 Å². The smallest absolute Gasteiger partial charge is 0.410 e. The van der Waals surface area contributed by atoms with Crippen LogP contribution in [0.15, 0.2) is 24.4 Å². The molecule has 2 saturated heterocycles. The van der Waals surface area contributed by atoms with Crippen LogP contribution in [0, 0.1) is 5.92 Å². The fraction of sp³-hybridized carbons (Fsp3) is 0.619. The zero-order chi connectivity index (χ0) is 21.3. The summed E-state index contributed by atoms with van der Waals surface area (Å²) < 4.78 is 12.3. The predicted octanol–water partition coefficient (Wildman–Crippen LogP) is 3.62. The summed E-state index contributed by atoms with van der Waals surface area (Å²) in [6.45, 7) is 8.84. The van der Waals surface area contributed by atoms with Gasteiger partial charge in [0.25, 0.3) is 0 Å². The van der Waals surface area contributed by atoms with Gasteiger partial charge in [0.1, 0.15) is 18.0 Å². The minimum Gasteiger partial charge on any atom is -0.447 e. The minimum absolute atomic E-state index is 0.0713.